The molecule has 1 unspecified atom stereocenters. The summed E-state index contributed by atoms with van der Waals surface area (Å²) < 4.78 is 0. The highest BCUT2D eigenvalue weighted by molar-refractivity contribution is 7.09. The minimum absolute atomic E-state index is 0.0506. The minimum atomic E-state index is 0.0506. The summed E-state index contributed by atoms with van der Waals surface area (Å²) in [5.74, 6) is 0.330. The molecule has 4 nitrogen and oxygen atoms in total. The third kappa shape index (κ3) is 2.98. The second kappa shape index (κ2) is 5.51. The van der Waals surface area contributed by atoms with Crippen molar-refractivity contribution in [1.29, 1.82) is 0 Å². The molecule has 1 aliphatic rings. The maximum atomic E-state index is 8.85. The van der Waals surface area contributed by atoms with E-state index in [9.17, 15) is 0 Å². The Labute approximate surface area is 106 Å². The summed E-state index contributed by atoms with van der Waals surface area (Å²) in [6.45, 7) is 2.98. The van der Waals surface area contributed by atoms with Crippen LogP contribution < -0.4 is 5.73 Å². The van der Waals surface area contributed by atoms with Crippen LogP contribution >= 0.6 is 11.3 Å². The molecule has 94 valence electrons. The average Bonchev–Trinajstić information content (AvgIpc) is 3.06. The molecule has 1 atom stereocenters. The van der Waals surface area contributed by atoms with Gasteiger partial charge < -0.3 is 10.9 Å². The van der Waals surface area contributed by atoms with Crippen molar-refractivity contribution in [3.63, 3.8) is 0 Å². The standard InChI is InChI=1S/C12H19N3OS/c1-2-11(12(13)14-16)15(9-5-6-9)8-10-4-3-7-17-10/h3-4,7,9,11,16H,2,5-6,8H2,1H3,(H2,13,14). The lowest BCUT2D eigenvalue weighted by atomic mass is 10.1. The van der Waals surface area contributed by atoms with E-state index < -0.39 is 0 Å². The molecular formula is C12H19N3OS. The average molecular weight is 253 g/mol. The molecule has 1 aromatic rings. The van der Waals surface area contributed by atoms with E-state index in [1.807, 2.05) is 0 Å². The molecule has 17 heavy (non-hydrogen) atoms. The number of hydrogen-bond acceptors (Lipinski definition) is 4. The third-order valence-electron chi connectivity index (χ3n) is 3.18. The highest BCUT2D eigenvalue weighted by Gasteiger charge is 2.35. The monoisotopic (exact) mass is 253 g/mol. The van der Waals surface area contributed by atoms with Crippen molar-refractivity contribution in [3.05, 3.63) is 22.4 Å². The number of oxime groups is 1. The van der Waals surface area contributed by atoms with Crippen LogP contribution in [0.5, 0.6) is 0 Å². The first-order valence-corrected chi connectivity index (χ1v) is 6.89. The predicted octanol–water partition coefficient (Wildman–Crippen LogP) is 2.24. The molecule has 1 aliphatic carbocycles. The van der Waals surface area contributed by atoms with Crippen LogP contribution in [-0.2, 0) is 6.54 Å². The van der Waals surface area contributed by atoms with Gasteiger partial charge in [0.15, 0.2) is 5.84 Å². The summed E-state index contributed by atoms with van der Waals surface area (Å²) in [4.78, 5) is 3.70. The Balaban J connectivity index is 2.10. The lowest BCUT2D eigenvalue weighted by molar-refractivity contribution is 0.211. The fourth-order valence-corrected chi connectivity index (χ4v) is 2.88. The van der Waals surface area contributed by atoms with Gasteiger partial charge in [-0.25, -0.2) is 0 Å². The van der Waals surface area contributed by atoms with E-state index in [1.54, 1.807) is 11.3 Å². The first-order chi connectivity index (χ1) is 8.26. The summed E-state index contributed by atoms with van der Waals surface area (Å²) in [6.07, 6.45) is 3.32. The zero-order valence-corrected chi connectivity index (χ0v) is 10.9. The van der Waals surface area contributed by atoms with Crippen LogP contribution in [0.1, 0.15) is 31.1 Å². The normalized spacial score (nSPS) is 18.6. The topological polar surface area (TPSA) is 61.9 Å². The van der Waals surface area contributed by atoms with Crippen LogP contribution in [0.25, 0.3) is 0 Å². The van der Waals surface area contributed by atoms with Gasteiger partial charge in [-0.1, -0.05) is 18.1 Å². The van der Waals surface area contributed by atoms with Gasteiger partial charge in [0.2, 0.25) is 0 Å². The van der Waals surface area contributed by atoms with E-state index in [1.165, 1.54) is 17.7 Å². The maximum Gasteiger partial charge on any atom is 0.156 e. The van der Waals surface area contributed by atoms with E-state index >= 15 is 0 Å². The summed E-state index contributed by atoms with van der Waals surface area (Å²) >= 11 is 1.76. The van der Waals surface area contributed by atoms with Crippen LogP contribution in [0.15, 0.2) is 22.7 Å². The number of nitrogens with zero attached hydrogens (tertiary/aromatic N) is 2. The van der Waals surface area contributed by atoms with Gasteiger partial charge in [0.05, 0.1) is 6.04 Å². The first-order valence-electron chi connectivity index (χ1n) is 6.01. The van der Waals surface area contributed by atoms with Crippen molar-refractivity contribution in [2.45, 2.75) is 44.8 Å². The summed E-state index contributed by atoms with van der Waals surface area (Å²) in [6, 6.07) is 4.85. The molecule has 0 aromatic carbocycles. The number of hydrogen-bond donors (Lipinski definition) is 2. The van der Waals surface area contributed by atoms with Gasteiger partial charge in [0.1, 0.15) is 0 Å². The van der Waals surface area contributed by atoms with Crippen molar-refractivity contribution < 1.29 is 5.21 Å². The molecule has 0 bridgehead atoms. The van der Waals surface area contributed by atoms with Gasteiger partial charge in [-0.2, -0.15) is 0 Å². The van der Waals surface area contributed by atoms with Crippen LogP contribution in [0.3, 0.4) is 0 Å². The fraction of sp³-hybridized carbons (Fsp3) is 0.583. The van der Waals surface area contributed by atoms with Crippen molar-refractivity contribution in [2.24, 2.45) is 10.9 Å². The Morgan fingerprint density at radius 3 is 2.94 bits per heavy atom. The van der Waals surface area contributed by atoms with E-state index in [-0.39, 0.29) is 6.04 Å². The zero-order valence-electron chi connectivity index (χ0n) is 10.0. The Kier molecular flexibility index (Phi) is 4.02. The summed E-state index contributed by atoms with van der Waals surface area (Å²) in [5, 5.41) is 14.1. The minimum Gasteiger partial charge on any atom is -0.409 e. The molecule has 2 rings (SSSR count). The largest absolute Gasteiger partial charge is 0.409 e. The molecule has 0 amide bonds. The van der Waals surface area contributed by atoms with Crippen LogP contribution in [0.2, 0.25) is 0 Å². The number of rotatable bonds is 6. The lowest BCUT2D eigenvalue weighted by Gasteiger charge is -2.29. The molecule has 1 fully saturated rings. The van der Waals surface area contributed by atoms with Crippen LogP contribution in [-0.4, -0.2) is 28.0 Å². The van der Waals surface area contributed by atoms with Gasteiger partial charge in [-0.3, -0.25) is 4.90 Å². The predicted molar refractivity (Wildman–Crippen MR) is 70.4 cm³/mol. The van der Waals surface area contributed by atoms with Crippen molar-refractivity contribution >= 4 is 17.2 Å². The second-order valence-electron chi connectivity index (χ2n) is 4.43. The third-order valence-corrected chi connectivity index (χ3v) is 4.04. The molecule has 1 aromatic heterocycles. The lowest BCUT2D eigenvalue weighted by Crippen LogP contribution is -2.45. The van der Waals surface area contributed by atoms with Crippen LogP contribution in [0.4, 0.5) is 0 Å². The van der Waals surface area contributed by atoms with Crippen molar-refractivity contribution in [3.8, 4) is 0 Å². The molecule has 5 heteroatoms. The van der Waals surface area contributed by atoms with E-state index in [0.717, 1.165) is 13.0 Å². The quantitative estimate of drug-likeness (QED) is 0.354. The van der Waals surface area contributed by atoms with Gasteiger partial charge >= 0.3 is 0 Å². The van der Waals surface area contributed by atoms with E-state index in [4.69, 9.17) is 10.9 Å². The molecular weight excluding hydrogens is 234 g/mol. The fourth-order valence-electron chi connectivity index (χ4n) is 2.16. The molecule has 1 saturated carbocycles. The van der Waals surface area contributed by atoms with Gasteiger partial charge in [-0.15, -0.1) is 11.3 Å². The smallest absolute Gasteiger partial charge is 0.156 e. The molecule has 0 saturated heterocycles. The maximum absolute atomic E-state index is 8.85. The molecule has 1 heterocycles. The number of thiophene rings is 1. The van der Waals surface area contributed by atoms with Gasteiger partial charge in [0.25, 0.3) is 0 Å². The van der Waals surface area contributed by atoms with Crippen molar-refractivity contribution in [1.82, 2.24) is 4.90 Å². The summed E-state index contributed by atoms with van der Waals surface area (Å²) in [7, 11) is 0. The Bertz CT molecular complexity index is 373. The highest BCUT2D eigenvalue weighted by atomic mass is 32.1. The van der Waals surface area contributed by atoms with Gasteiger partial charge in [0, 0.05) is 17.5 Å². The molecule has 0 aliphatic heterocycles. The molecule has 3 N–H and O–H groups in total. The van der Waals surface area contributed by atoms with E-state index in [0.29, 0.717) is 11.9 Å². The number of nitrogens with two attached hydrogens (primary N) is 1. The Morgan fingerprint density at radius 1 is 1.71 bits per heavy atom. The van der Waals surface area contributed by atoms with Crippen LogP contribution in [0, 0.1) is 0 Å². The molecule has 0 radical (unpaired) electrons. The SMILES string of the molecule is CCC(C(N)=NO)N(Cc1cccs1)C1CC1. The first kappa shape index (κ1) is 12.4. The second-order valence-corrected chi connectivity index (χ2v) is 5.46. The van der Waals surface area contributed by atoms with E-state index in [2.05, 4.69) is 34.5 Å². The molecule has 0 spiro atoms. The Hall–Kier alpha value is -1.07. The zero-order chi connectivity index (χ0) is 12.3. The number of amidine groups is 1. The summed E-state index contributed by atoms with van der Waals surface area (Å²) in [5.41, 5.74) is 5.78. The highest BCUT2D eigenvalue weighted by Crippen LogP contribution is 2.31. The van der Waals surface area contributed by atoms with Gasteiger partial charge in [-0.05, 0) is 30.7 Å². The Morgan fingerprint density at radius 2 is 2.47 bits per heavy atom. The van der Waals surface area contributed by atoms with Crippen molar-refractivity contribution in [2.75, 3.05) is 0 Å².